The zero-order chi connectivity index (χ0) is 16.3. The molecule has 0 saturated heterocycles. The zero-order valence-corrected chi connectivity index (χ0v) is 13.0. The van der Waals surface area contributed by atoms with Crippen LogP contribution in [0.25, 0.3) is 0 Å². The number of aromatic nitrogens is 1. The second-order valence-corrected chi connectivity index (χ2v) is 6.32. The predicted molar refractivity (Wildman–Crippen MR) is 82.4 cm³/mol. The average Bonchev–Trinajstić information content (AvgIpc) is 2.48. The third-order valence-electron chi connectivity index (χ3n) is 3.10. The summed E-state index contributed by atoms with van der Waals surface area (Å²) in [4.78, 5) is 5.89. The maximum Gasteiger partial charge on any atom is 0.239 e. The summed E-state index contributed by atoms with van der Waals surface area (Å²) in [7, 11) is -0.443. The van der Waals surface area contributed by atoms with Gasteiger partial charge in [-0.25, -0.2) is 18.5 Å². The summed E-state index contributed by atoms with van der Waals surface area (Å²) >= 11 is 0. The van der Waals surface area contributed by atoms with Crippen molar-refractivity contribution < 1.29 is 18.3 Å². The van der Waals surface area contributed by atoms with Crippen molar-refractivity contribution in [3.63, 3.8) is 0 Å². The summed E-state index contributed by atoms with van der Waals surface area (Å²) in [6.07, 6.45) is 1.22. The van der Waals surface area contributed by atoms with Gasteiger partial charge in [-0.1, -0.05) is 6.07 Å². The van der Waals surface area contributed by atoms with E-state index in [4.69, 9.17) is 9.88 Å². The minimum Gasteiger partial charge on any atom is -0.504 e. The fourth-order valence-corrected chi connectivity index (χ4v) is 2.40. The van der Waals surface area contributed by atoms with Crippen LogP contribution in [0.3, 0.4) is 0 Å². The Kier molecular flexibility index (Phi) is 4.53. The summed E-state index contributed by atoms with van der Waals surface area (Å²) in [5, 5.41) is 14.6. The molecule has 1 heterocycles. The minimum absolute atomic E-state index is 0.0315. The minimum atomic E-state index is -3.74. The zero-order valence-electron chi connectivity index (χ0n) is 12.2. The van der Waals surface area contributed by atoms with Crippen LogP contribution in [-0.2, 0) is 16.6 Å². The highest BCUT2D eigenvalue weighted by atomic mass is 32.2. The quantitative estimate of drug-likeness (QED) is 0.853. The van der Waals surface area contributed by atoms with Crippen molar-refractivity contribution in [2.75, 3.05) is 19.1 Å². The normalized spacial score (nSPS) is 11.2. The van der Waals surface area contributed by atoms with E-state index < -0.39 is 10.0 Å². The number of sulfonamides is 1. The molecule has 2 aromatic rings. The summed E-state index contributed by atoms with van der Waals surface area (Å²) < 4.78 is 27.4. The van der Waals surface area contributed by atoms with Crippen molar-refractivity contribution in [3.8, 4) is 11.5 Å². The molecule has 22 heavy (non-hydrogen) atoms. The van der Waals surface area contributed by atoms with E-state index in [1.807, 2.05) is 11.9 Å². The van der Waals surface area contributed by atoms with Gasteiger partial charge < -0.3 is 14.7 Å². The number of nitrogens with two attached hydrogens (primary N) is 1. The number of anilines is 1. The average molecular weight is 323 g/mol. The van der Waals surface area contributed by atoms with Crippen LogP contribution < -0.4 is 14.8 Å². The number of phenolic OH excluding ortho intramolecular Hbond substituents is 1. The van der Waals surface area contributed by atoms with E-state index in [0.29, 0.717) is 18.1 Å². The highest BCUT2D eigenvalue weighted by Gasteiger charge is 2.10. The highest BCUT2D eigenvalue weighted by Crippen LogP contribution is 2.27. The number of hydrogen-bond donors (Lipinski definition) is 2. The number of rotatable bonds is 5. The second kappa shape index (κ2) is 6.20. The van der Waals surface area contributed by atoms with E-state index in [0.717, 1.165) is 5.56 Å². The van der Waals surface area contributed by atoms with Gasteiger partial charge in [-0.2, -0.15) is 0 Å². The van der Waals surface area contributed by atoms with E-state index in [-0.39, 0.29) is 10.6 Å². The first-order valence-corrected chi connectivity index (χ1v) is 7.92. The summed E-state index contributed by atoms with van der Waals surface area (Å²) in [5.41, 5.74) is 0.912. The molecule has 0 amide bonds. The molecule has 0 atom stereocenters. The molecule has 0 unspecified atom stereocenters. The van der Waals surface area contributed by atoms with E-state index in [2.05, 4.69) is 4.98 Å². The maximum atomic E-state index is 11.2. The largest absolute Gasteiger partial charge is 0.504 e. The van der Waals surface area contributed by atoms with Gasteiger partial charge in [0.1, 0.15) is 10.7 Å². The molecule has 0 spiro atoms. The fraction of sp³-hybridized carbons (Fsp3) is 0.214. The third kappa shape index (κ3) is 3.66. The molecule has 0 aliphatic carbocycles. The number of primary sulfonamides is 1. The van der Waals surface area contributed by atoms with E-state index in [1.54, 1.807) is 24.3 Å². The topological polar surface area (TPSA) is 106 Å². The molecule has 8 heteroatoms. The Morgan fingerprint density at radius 3 is 2.59 bits per heavy atom. The Morgan fingerprint density at radius 2 is 2.05 bits per heavy atom. The summed E-state index contributed by atoms with van der Waals surface area (Å²) in [6.45, 7) is 0.512. The molecule has 0 radical (unpaired) electrons. The Morgan fingerprint density at radius 1 is 1.32 bits per heavy atom. The van der Waals surface area contributed by atoms with Gasteiger partial charge >= 0.3 is 0 Å². The number of benzene rings is 1. The summed E-state index contributed by atoms with van der Waals surface area (Å²) in [6, 6.07) is 8.04. The molecule has 3 N–H and O–H groups in total. The molecule has 1 aromatic carbocycles. The van der Waals surface area contributed by atoms with E-state index in [1.165, 1.54) is 19.4 Å². The molecule has 118 valence electrons. The van der Waals surface area contributed by atoms with Crippen molar-refractivity contribution in [1.82, 2.24) is 4.98 Å². The molecule has 0 aliphatic rings. The van der Waals surface area contributed by atoms with Crippen LogP contribution in [0, 0.1) is 0 Å². The van der Waals surface area contributed by atoms with Crippen molar-refractivity contribution in [3.05, 3.63) is 42.1 Å². The van der Waals surface area contributed by atoms with Gasteiger partial charge in [0.25, 0.3) is 0 Å². The first kappa shape index (κ1) is 16.1. The van der Waals surface area contributed by atoms with Crippen molar-refractivity contribution in [2.45, 2.75) is 11.4 Å². The molecule has 2 rings (SSSR count). The standard InChI is InChI=1S/C14H17N3O4S/c1-17(9-10-3-5-12(18)13(7-10)21-2)14-6-4-11(8-16-14)22(15,19)20/h3-8,18H,9H2,1-2H3,(H2,15,19,20). The lowest BCUT2D eigenvalue weighted by Gasteiger charge is -2.19. The third-order valence-corrected chi connectivity index (χ3v) is 4.00. The van der Waals surface area contributed by atoms with Crippen LogP contribution in [0.5, 0.6) is 11.5 Å². The highest BCUT2D eigenvalue weighted by molar-refractivity contribution is 7.89. The first-order valence-electron chi connectivity index (χ1n) is 6.37. The Hall–Kier alpha value is -2.32. The number of nitrogens with zero attached hydrogens (tertiary/aromatic N) is 2. The van der Waals surface area contributed by atoms with Gasteiger partial charge in [-0.3, -0.25) is 0 Å². The number of aromatic hydroxyl groups is 1. The molecule has 0 saturated carbocycles. The second-order valence-electron chi connectivity index (χ2n) is 4.76. The van der Waals surface area contributed by atoms with Crippen LogP contribution in [0.15, 0.2) is 41.4 Å². The van der Waals surface area contributed by atoms with Gasteiger partial charge in [-0.05, 0) is 29.8 Å². The molecule has 7 nitrogen and oxygen atoms in total. The van der Waals surface area contributed by atoms with Gasteiger partial charge in [0.2, 0.25) is 10.0 Å². The van der Waals surface area contributed by atoms with E-state index in [9.17, 15) is 13.5 Å². The number of methoxy groups -OCH3 is 1. The lowest BCUT2D eigenvalue weighted by Crippen LogP contribution is -2.18. The van der Waals surface area contributed by atoms with Crippen LogP contribution in [0.1, 0.15) is 5.56 Å². The summed E-state index contributed by atoms with van der Waals surface area (Å²) in [5.74, 6) is 1.06. The van der Waals surface area contributed by atoms with Gasteiger partial charge in [0, 0.05) is 19.8 Å². The van der Waals surface area contributed by atoms with Crippen LogP contribution in [0.2, 0.25) is 0 Å². The van der Waals surface area contributed by atoms with Crippen LogP contribution in [-0.4, -0.2) is 32.7 Å². The molecule has 0 aliphatic heterocycles. The van der Waals surface area contributed by atoms with Crippen molar-refractivity contribution >= 4 is 15.8 Å². The number of hydrogen-bond acceptors (Lipinski definition) is 6. The Labute approximate surface area is 129 Å². The SMILES string of the molecule is COc1cc(CN(C)c2ccc(S(N)(=O)=O)cn2)ccc1O. The van der Waals surface area contributed by atoms with E-state index >= 15 is 0 Å². The predicted octanol–water partition coefficient (Wildman–Crippen LogP) is 1.08. The lowest BCUT2D eigenvalue weighted by molar-refractivity contribution is 0.373. The number of phenols is 1. The van der Waals surface area contributed by atoms with Crippen LogP contribution in [0.4, 0.5) is 5.82 Å². The molecular weight excluding hydrogens is 306 g/mol. The van der Waals surface area contributed by atoms with Gasteiger partial charge in [0.05, 0.1) is 7.11 Å². The molecule has 1 aromatic heterocycles. The Balaban J connectivity index is 2.17. The van der Waals surface area contributed by atoms with Crippen molar-refractivity contribution in [1.29, 1.82) is 0 Å². The number of ether oxygens (including phenoxy) is 1. The molecule has 0 fully saturated rings. The maximum absolute atomic E-state index is 11.2. The lowest BCUT2D eigenvalue weighted by atomic mass is 10.2. The van der Waals surface area contributed by atoms with Crippen LogP contribution >= 0.6 is 0 Å². The Bertz CT molecular complexity index is 760. The first-order chi connectivity index (χ1) is 10.3. The van der Waals surface area contributed by atoms with Crippen molar-refractivity contribution in [2.24, 2.45) is 5.14 Å². The molecule has 0 bridgehead atoms. The van der Waals surface area contributed by atoms with Gasteiger partial charge in [-0.15, -0.1) is 0 Å². The van der Waals surface area contributed by atoms with Gasteiger partial charge in [0.15, 0.2) is 11.5 Å². The number of pyridine rings is 1. The smallest absolute Gasteiger partial charge is 0.239 e. The monoisotopic (exact) mass is 323 g/mol. The molecular formula is C14H17N3O4S. The fourth-order valence-electron chi connectivity index (χ4n) is 1.94.